The summed E-state index contributed by atoms with van der Waals surface area (Å²) in [6.45, 7) is 2.01. The molecule has 0 bridgehead atoms. The molecular formula is C19H15N3OS. The molecule has 3 aromatic heterocycles. The largest absolute Gasteiger partial charge is 0.320 e. The fourth-order valence-electron chi connectivity index (χ4n) is 2.62. The van der Waals surface area contributed by atoms with Gasteiger partial charge in [0.1, 0.15) is 11.3 Å². The van der Waals surface area contributed by atoms with Crippen LogP contribution in [-0.4, -0.2) is 15.3 Å². The fourth-order valence-corrected chi connectivity index (χ4v) is 3.38. The van der Waals surface area contributed by atoms with Crippen molar-refractivity contribution < 1.29 is 4.79 Å². The Kier molecular flexibility index (Phi) is 3.63. The molecule has 5 heteroatoms. The van der Waals surface area contributed by atoms with Gasteiger partial charge in [-0.15, -0.1) is 11.3 Å². The molecule has 3 heterocycles. The van der Waals surface area contributed by atoms with Crippen molar-refractivity contribution in [1.82, 2.24) is 9.38 Å². The molecular weight excluding hydrogens is 318 g/mol. The van der Waals surface area contributed by atoms with Gasteiger partial charge >= 0.3 is 0 Å². The molecule has 0 saturated heterocycles. The lowest BCUT2D eigenvalue weighted by Crippen LogP contribution is -2.12. The second-order valence-electron chi connectivity index (χ2n) is 5.57. The smallest absolute Gasteiger partial charge is 0.275 e. The SMILES string of the molecule is Cc1ccn2cc(C(=O)Nc3ccccc3-c3cccs3)nc2c1. The van der Waals surface area contributed by atoms with Crippen LogP contribution in [0.4, 0.5) is 5.69 Å². The van der Waals surface area contributed by atoms with Gasteiger partial charge in [-0.3, -0.25) is 4.79 Å². The number of carbonyl (C=O) groups is 1. The fraction of sp³-hybridized carbons (Fsp3) is 0.0526. The van der Waals surface area contributed by atoms with E-state index < -0.39 is 0 Å². The number of benzene rings is 1. The lowest BCUT2D eigenvalue weighted by Gasteiger charge is -2.08. The second-order valence-corrected chi connectivity index (χ2v) is 6.52. The summed E-state index contributed by atoms with van der Waals surface area (Å²) in [4.78, 5) is 18.1. The minimum Gasteiger partial charge on any atom is -0.320 e. The molecule has 1 amide bonds. The number of imidazole rings is 1. The Balaban J connectivity index is 1.66. The minimum absolute atomic E-state index is 0.208. The van der Waals surface area contributed by atoms with Crippen molar-refractivity contribution in [1.29, 1.82) is 0 Å². The number of carbonyl (C=O) groups excluding carboxylic acids is 1. The van der Waals surface area contributed by atoms with E-state index >= 15 is 0 Å². The number of nitrogens with one attached hydrogen (secondary N) is 1. The minimum atomic E-state index is -0.208. The first-order valence-electron chi connectivity index (χ1n) is 7.60. The number of fused-ring (bicyclic) bond motifs is 1. The van der Waals surface area contributed by atoms with E-state index in [-0.39, 0.29) is 5.91 Å². The summed E-state index contributed by atoms with van der Waals surface area (Å²) in [5.74, 6) is -0.208. The number of hydrogen-bond donors (Lipinski definition) is 1. The van der Waals surface area contributed by atoms with Gasteiger partial charge in [0.15, 0.2) is 0 Å². The molecule has 0 radical (unpaired) electrons. The maximum absolute atomic E-state index is 12.6. The van der Waals surface area contributed by atoms with Crippen molar-refractivity contribution in [2.24, 2.45) is 0 Å². The van der Waals surface area contributed by atoms with Crippen LogP contribution < -0.4 is 5.32 Å². The van der Waals surface area contributed by atoms with Crippen molar-refractivity contribution in [3.8, 4) is 10.4 Å². The summed E-state index contributed by atoms with van der Waals surface area (Å²) in [6.07, 6.45) is 3.66. The quantitative estimate of drug-likeness (QED) is 0.594. The molecule has 1 aromatic carbocycles. The number of para-hydroxylation sites is 1. The van der Waals surface area contributed by atoms with Crippen molar-refractivity contribution in [3.05, 3.63) is 77.6 Å². The molecule has 0 fully saturated rings. The highest BCUT2D eigenvalue weighted by Crippen LogP contribution is 2.31. The normalized spacial score (nSPS) is 10.9. The van der Waals surface area contributed by atoms with Crippen molar-refractivity contribution >= 4 is 28.6 Å². The summed E-state index contributed by atoms with van der Waals surface area (Å²) >= 11 is 1.65. The van der Waals surface area contributed by atoms with Crippen LogP contribution in [0.15, 0.2) is 66.3 Å². The van der Waals surface area contributed by atoms with Gasteiger partial charge in [0, 0.05) is 28.5 Å². The predicted molar refractivity (Wildman–Crippen MR) is 97.6 cm³/mol. The van der Waals surface area contributed by atoms with Crippen LogP contribution in [0.2, 0.25) is 0 Å². The molecule has 0 aliphatic rings. The Morgan fingerprint density at radius 1 is 1.17 bits per heavy atom. The second kappa shape index (κ2) is 5.94. The van der Waals surface area contributed by atoms with Crippen molar-refractivity contribution in [3.63, 3.8) is 0 Å². The molecule has 4 aromatic rings. The van der Waals surface area contributed by atoms with Crippen LogP contribution >= 0.6 is 11.3 Å². The van der Waals surface area contributed by atoms with Gasteiger partial charge in [0.2, 0.25) is 0 Å². The lowest BCUT2D eigenvalue weighted by molar-refractivity contribution is 0.102. The van der Waals surface area contributed by atoms with Crippen LogP contribution in [0.5, 0.6) is 0 Å². The van der Waals surface area contributed by atoms with Crippen LogP contribution in [0.1, 0.15) is 16.1 Å². The Bertz CT molecular complexity index is 1020. The van der Waals surface area contributed by atoms with Crippen molar-refractivity contribution in [2.45, 2.75) is 6.92 Å². The van der Waals surface area contributed by atoms with Gasteiger partial charge in [-0.2, -0.15) is 0 Å². The highest BCUT2D eigenvalue weighted by atomic mass is 32.1. The van der Waals surface area contributed by atoms with E-state index in [0.29, 0.717) is 5.69 Å². The molecule has 0 atom stereocenters. The highest BCUT2D eigenvalue weighted by Gasteiger charge is 2.14. The van der Waals surface area contributed by atoms with Crippen LogP contribution in [0.25, 0.3) is 16.1 Å². The van der Waals surface area contributed by atoms with E-state index in [9.17, 15) is 4.79 Å². The lowest BCUT2D eigenvalue weighted by atomic mass is 10.1. The Hall–Kier alpha value is -2.92. The Morgan fingerprint density at radius 3 is 2.88 bits per heavy atom. The van der Waals surface area contributed by atoms with Gasteiger partial charge in [-0.05, 0) is 42.1 Å². The molecule has 0 aliphatic carbocycles. The molecule has 4 nitrogen and oxygen atoms in total. The molecule has 4 rings (SSSR count). The molecule has 0 spiro atoms. The van der Waals surface area contributed by atoms with Gasteiger partial charge in [-0.25, -0.2) is 4.98 Å². The molecule has 1 N–H and O–H groups in total. The summed E-state index contributed by atoms with van der Waals surface area (Å²) in [5, 5.41) is 5.01. The third kappa shape index (κ3) is 2.70. The van der Waals surface area contributed by atoms with Crippen LogP contribution in [0, 0.1) is 6.92 Å². The maximum Gasteiger partial charge on any atom is 0.275 e. The Labute approximate surface area is 143 Å². The number of thiophene rings is 1. The topological polar surface area (TPSA) is 46.4 Å². The number of anilines is 1. The zero-order valence-electron chi connectivity index (χ0n) is 13.1. The highest BCUT2D eigenvalue weighted by molar-refractivity contribution is 7.13. The van der Waals surface area contributed by atoms with E-state index in [2.05, 4.69) is 10.3 Å². The van der Waals surface area contributed by atoms with Gasteiger partial charge in [-0.1, -0.05) is 24.3 Å². The first-order valence-corrected chi connectivity index (χ1v) is 8.48. The number of pyridine rings is 1. The third-order valence-electron chi connectivity index (χ3n) is 3.81. The Morgan fingerprint density at radius 2 is 2.04 bits per heavy atom. The van der Waals surface area contributed by atoms with Crippen molar-refractivity contribution in [2.75, 3.05) is 5.32 Å². The van der Waals surface area contributed by atoms with E-state index in [1.807, 2.05) is 71.4 Å². The first-order chi connectivity index (χ1) is 11.7. The van der Waals surface area contributed by atoms with Gasteiger partial charge in [0.25, 0.3) is 5.91 Å². The monoisotopic (exact) mass is 333 g/mol. The van der Waals surface area contributed by atoms with Crippen LogP contribution in [-0.2, 0) is 0 Å². The molecule has 0 aliphatic heterocycles. The average molecular weight is 333 g/mol. The predicted octanol–water partition coefficient (Wildman–Crippen LogP) is 4.62. The summed E-state index contributed by atoms with van der Waals surface area (Å²) in [6, 6.07) is 15.8. The number of aryl methyl sites for hydroxylation is 1. The third-order valence-corrected chi connectivity index (χ3v) is 4.71. The number of rotatable bonds is 3. The van der Waals surface area contributed by atoms with Crippen LogP contribution in [0.3, 0.4) is 0 Å². The summed E-state index contributed by atoms with van der Waals surface area (Å²) in [5.41, 5.74) is 4.09. The van der Waals surface area contributed by atoms with E-state index in [4.69, 9.17) is 0 Å². The molecule has 0 unspecified atom stereocenters. The van der Waals surface area contributed by atoms with E-state index in [1.54, 1.807) is 17.5 Å². The number of hydrogen-bond acceptors (Lipinski definition) is 3. The standard InChI is InChI=1S/C19H15N3OS/c1-13-8-9-22-12-16(20-18(22)11-13)19(23)21-15-6-3-2-5-14(15)17-7-4-10-24-17/h2-12H,1H3,(H,21,23). The molecule has 118 valence electrons. The number of amides is 1. The van der Waals surface area contributed by atoms with E-state index in [0.717, 1.165) is 27.3 Å². The molecule has 24 heavy (non-hydrogen) atoms. The van der Waals surface area contributed by atoms with Gasteiger partial charge < -0.3 is 9.72 Å². The van der Waals surface area contributed by atoms with E-state index in [1.165, 1.54) is 0 Å². The summed E-state index contributed by atoms with van der Waals surface area (Å²) < 4.78 is 1.85. The first kappa shape index (κ1) is 14.7. The van der Waals surface area contributed by atoms with Gasteiger partial charge in [0.05, 0.1) is 0 Å². The average Bonchev–Trinajstić information content (AvgIpc) is 3.24. The maximum atomic E-state index is 12.6. The number of nitrogens with zero attached hydrogens (tertiary/aromatic N) is 2. The number of aromatic nitrogens is 2. The zero-order valence-corrected chi connectivity index (χ0v) is 13.9. The molecule has 0 saturated carbocycles. The zero-order chi connectivity index (χ0) is 16.5. The summed E-state index contributed by atoms with van der Waals surface area (Å²) in [7, 11) is 0.